The molecule has 0 aliphatic carbocycles. The largest absolute Gasteiger partial charge is 0.290 e. The molecule has 0 aromatic heterocycles. The van der Waals surface area contributed by atoms with Crippen molar-refractivity contribution in [2.75, 3.05) is 0 Å². The Labute approximate surface area is 146 Å². The first kappa shape index (κ1) is 20.3. The summed E-state index contributed by atoms with van der Waals surface area (Å²) < 4.78 is 0. The number of unbranched alkanes of at least 4 members (excludes halogenated alkanes) is 13. The Morgan fingerprint density at radius 1 is 0.783 bits per heavy atom. The van der Waals surface area contributed by atoms with Gasteiger partial charge in [0.25, 0.3) is 11.1 Å². The number of allylic oxidation sites excluding steroid dienone is 1. The fourth-order valence-corrected chi connectivity index (χ4v) is 3.54. The average Bonchev–Trinajstić information content (AvgIpc) is 2.85. The van der Waals surface area contributed by atoms with Crippen molar-refractivity contribution >= 4 is 22.9 Å². The van der Waals surface area contributed by atoms with Crippen molar-refractivity contribution in [2.24, 2.45) is 0 Å². The molecule has 1 N–H and O–H groups in total. The summed E-state index contributed by atoms with van der Waals surface area (Å²) >= 11 is 1.02. The molecular formula is C19H33NO2S. The highest BCUT2D eigenvalue weighted by Gasteiger charge is 2.24. The summed E-state index contributed by atoms with van der Waals surface area (Å²) in [5.41, 5.74) is 0. The van der Waals surface area contributed by atoms with Crippen LogP contribution in [0.2, 0.25) is 0 Å². The summed E-state index contributed by atoms with van der Waals surface area (Å²) in [5.74, 6) is -0.227. The number of hydrogen-bond donors (Lipinski definition) is 1. The molecule has 0 unspecified atom stereocenters. The van der Waals surface area contributed by atoms with Crippen LogP contribution >= 0.6 is 11.8 Å². The van der Waals surface area contributed by atoms with Crippen molar-refractivity contribution < 1.29 is 9.59 Å². The SMILES string of the molecule is CCCCCCCCCCCCCCC/C=C1/SC(=O)NC1=O. The monoisotopic (exact) mass is 339 g/mol. The van der Waals surface area contributed by atoms with E-state index in [0.29, 0.717) is 4.91 Å². The lowest BCUT2D eigenvalue weighted by Gasteiger charge is -2.02. The zero-order valence-electron chi connectivity index (χ0n) is 14.7. The van der Waals surface area contributed by atoms with Gasteiger partial charge in [0.2, 0.25) is 0 Å². The molecule has 3 nitrogen and oxygen atoms in total. The number of hydrogen-bond acceptors (Lipinski definition) is 3. The minimum atomic E-state index is -0.244. The van der Waals surface area contributed by atoms with Gasteiger partial charge in [0.05, 0.1) is 4.91 Å². The molecule has 0 aromatic carbocycles. The first-order chi connectivity index (χ1) is 11.2. The Kier molecular flexibility index (Phi) is 12.0. The Hall–Kier alpha value is -0.770. The highest BCUT2D eigenvalue weighted by molar-refractivity contribution is 8.18. The molecule has 2 amide bonds. The van der Waals surface area contributed by atoms with E-state index in [2.05, 4.69) is 12.2 Å². The second-order valence-corrected chi connectivity index (χ2v) is 7.46. The van der Waals surface area contributed by atoms with Crippen LogP contribution < -0.4 is 5.32 Å². The van der Waals surface area contributed by atoms with Crippen LogP contribution in [0.3, 0.4) is 0 Å². The third-order valence-electron chi connectivity index (χ3n) is 4.28. The van der Waals surface area contributed by atoms with Gasteiger partial charge in [-0.2, -0.15) is 0 Å². The number of imide groups is 1. The fraction of sp³-hybridized carbons (Fsp3) is 0.789. The van der Waals surface area contributed by atoms with Crippen LogP contribution in [-0.4, -0.2) is 11.1 Å². The maximum atomic E-state index is 11.3. The quantitative estimate of drug-likeness (QED) is 0.297. The van der Waals surface area contributed by atoms with Crippen LogP contribution in [0.15, 0.2) is 11.0 Å². The molecule has 0 bridgehead atoms. The van der Waals surface area contributed by atoms with Crippen molar-refractivity contribution in [3.8, 4) is 0 Å². The van der Waals surface area contributed by atoms with Crippen molar-refractivity contribution in [1.82, 2.24) is 5.32 Å². The molecule has 0 atom stereocenters. The van der Waals surface area contributed by atoms with E-state index < -0.39 is 0 Å². The van der Waals surface area contributed by atoms with E-state index >= 15 is 0 Å². The van der Waals surface area contributed by atoms with E-state index in [1.165, 1.54) is 77.0 Å². The second-order valence-electron chi connectivity index (χ2n) is 6.44. The molecular weight excluding hydrogens is 306 g/mol. The highest BCUT2D eigenvalue weighted by atomic mass is 32.2. The predicted octanol–water partition coefficient (Wildman–Crippen LogP) is 6.33. The zero-order valence-corrected chi connectivity index (χ0v) is 15.5. The molecule has 0 spiro atoms. The molecule has 23 heavy (non-hydrogen) atoms. The molecule has 132 valence electrons. The standard InChI is InChI=1S/C19H33NO2S/c1-2-3-4-5-6-7-8-9-10-11-12-13-14-15-16-17-18(21)20-19(22)23-17/h16H,2-15H2,1H3,(H,20,21,22)/b17-16+. The van der Waals surface area contributed by atoms with E-state index in [1.807, 2.05) is 6.08 Å². The third-order valence-corrected chi connectivity index (χ3v) is 5.14. The minimum Gasteiger partial charge on any atom is -0.282 e. The highest BCUT2D eigenvalue weighted by Crippen LogP contribution is 2.24. The van der Waals surface area contributed by atoms with E-state index in [-0.39, 0.29) is 11.1 Å². The zero-order chi connectivity index (χ0) is 16.8. The number of thioether (sulfide) groups is 1. The predicted molar refractivity (Wildman–Crippen MR) is 99.5 cm³/mol. The van der Waals surface area contributed by atoms with Crippen molar-refractivity contribution in [1.29, 1.82) is 0 Å². The smallest absolute Gasteiger partial charge is 0.282 e. The molecule has 1 aliphatic heterocycles. The first-order valence-corrected chi connectivity index (χ1v) is 10.3. The van der Waals surface area contributed by atoms with Gasteiger partial charge in [0.1, 0.15) is 0 Å². The van der Waals surface area contributed by atoms with Crippen LogP contribution in [0.4, 0.5) is 4.79 Å². The van der Waals surface area contributed by atoms with E-state index in [4.69, 9.17) is 0 Å². The summed E-state index contributed by atoms with van der Waals surface area (Å²) in [6.45, 7) is 2.27. The van der Waals surface area contributed by atoms with Crippen LogP contribution in [0.1, 0.15) is 96.8 Å². The van der Waals surface area contributed by atoms with Gasteiger partial charge in [-0.25, -0.2) is 0 Å². The van der Waals surface area contributed by atoms with Crippen LogP contribution in [0.25, 0.3) is 0 Å². The van der Waals surface area contributed by atoms with Gasteiger partial charge in [-0.1, -0.05) is 90.0 Å². The van der Waals surface area contributed by atoms with Gasteiger partial charge in [0.15, 0.2) is 0 Å². The fourth-order valence-electron chi connectivity index (χ4n) is 2.86. The maximum absolute atomic E-state index is 11.3. The Balaban J connectivity index is 1.81. The number of rotatable bonds is 14. The van der Waals surface area contributed by atoms with Gasteiger partial charge < -0.3 is 0 Å². The molecule has 4 heteroatoms. The van der Waals surface area contributed by atoms with Gasteiger partial charge in [-0.05, 0) is 24.6 Å². The lowest BCUT2D eigenvalue weighted by Crippen LogP contribution is -2.17. The molecule has 1 rings (SSSR count). The Bertz CT molecular complexity index is 380. The molecule has 1 aliphatic rings. The number of nitrogens with one attached hydrogen (secondary N) is 1. The molecule has 0 saturated carbocycles. The minimum absolute atomic E-state index is 0.227. The Morgan fingerprint density at radius 3 is 1.70 bits per heavy atom. The van der Waals surface area contributed by atoms with Gasteiger partial charge in [-0.3, -0.25) is 14.9 Å². The Morgan fingerprint density at radius 2 is 1.26 bits per heavy atom. The van der Waals surface area contributed by atoms with Gasteiger partial charge in [-0.15, -0.1) is 0 Å². The van der Waals surface area contributed by atoms with Crippen molar-refractivity contribution in [2.45, 2.75) is 96.8 Å². The summed E-state index contributed by atoms with van der Waals surface area (Å²) in [6.07, 6.45) is 20.3. The van der Waals surface area contributed by atoms with Gasteiger partial charge >= 0.3 is 0 Å². The summed E-state index contributed by atoms with van der Waals surface area (Å²) in [6, 6.07) is 0. The lowest BCUT2D eigenvalue weighted by molar-refractivity contribution is -0.115. The number of carbonyl (C=O) groups is 2. The first-order valence-electron chi connectivity index (χ1n) is 9.47. The van der Waals surface area contributed by atoms with Gasteiger partial charge in [0, 0.05) is 0 Å². The summed E-state index contributed by atoms with van der Waals surface area (Å²) in [5, 5.41) is 2.04. The van der Waals surface area contributed by atoms with Crippen molar-refractivity contribution in [3.63, 3.8) is 0 Å². The molecule has 1 fully saturated rings. The molecule has 1 heterocycles. The average molecular weight is 340 g/mol. The second kappa shape index (κ2) is 13.6. The molecule has 1 saturated heterocycles. The normalized spacial score (nSPS) is 16.3. The number of carbonyl (C=O) groups excluding carboxylic acids is 2. The number of amides is 2. The third kappa shape index (κ3) is 10.6. The van der Waals surface area contributed by atoms with Crippen LogP contribution in [0.5, 0.6) is 0 Å². The van der Waals surface area contributed by atoms with E-state index in [9.17, 15) is 9.59 Å². The topological polar surface area (TPSA) is 46.2 Å². The summed E-state index contributed by atoms with van der Waals surface area (Å²) in [7, 11) is 0. The van der Waals surface area contributed by atoms with Crippen molar-refractivity contribution in [3.05, 3.63) is 11.0 Å². The summed E-state index contributed by atoms with van der Waals surface area (Å²) in [4.78, 5) is 22.9. The molecule has 0 aromatic rings. The van der Waals surface area contributed by atoms with E-state index in [0.717, 1.165) is 24.6 Å². The molecule has 0 radical (unpaired) electrons. The van der Waals surface area contributed by atoms with E-state index in [1.54, 1.807) is 0 Å². The van der Waals surface area contributed by atoms with Crippen LogP contribution in [-0.2, 0) is 4.79 Å². The van der Waals surface area contributed by atoms with Crippen LogP contribution in [0, 0.1) is 0 Å². The lowest BCUT2D eigenvalue weighted by atomic mass is 10.0. The maximum Gasteiger partial charge on any atom is 0.290 e.